The normalized spacial score (nSPS) is 20.5. The molecule has 1 atom stereocenters. The van der Waals surface area contributed by atoms with Gasteiger partial charge in [-0.2, -0.15) is 0 Å². The Bertz CT molecular complexity index is 610. The molecule has 1 unspecified atom stereocenters. The van der Waals surface area contributed by atoms with Crippen LogP contribution in [-0.4, -0.2) is 24.4 Å². The summed E-state index contributed by atoms with van der Waals surface area (Å²) in [6.45, 7) is 4.65. The Hall–Kier alpha value is -2.30. The van der Waals surface area contributed by atoms with E-state index >= 15 is 0 Å². The minimum absolute atomic E-state index is 0.121. The lowest BCUT2D eigenvalue weighted by molar-refractivity contribution is -0.129. The van der Waals surface area contributed by atoms with Gasteiger partial charge in [-0.15, -0.1) is 0 Å². The molecule has 1 fully saturated rings. The summed E-state index contributed by atoms with van der Waals surface area (Å²) in [5.74, 6) is -0.291. The van der Waals surface area contributed by atoms with E-state index in [-0.39, 0.29) is 11.8 Å². The molecule has 0 aromatic heterocycles. The molecule has 1 aromatic carbocycles. The third-order valence-electron chi connectivity index (χ3n) is 3.97. The van der Waals surface area contributed by atoms with E-state index in [1.807, 2.05) is 12.1 Å². The highest BCUT2D eigenvalue weighted by molar-refractivity contribution is 5.90. The van der Waals surface area contributed by atoms with E-state index in [0.717, 1.165) is 29.9 Å². The minimum Gasteiger partial charge on any atom is -0.384 e. The number of hydrogen-bond donors (Lipinski definition) is 3. The van der Waals surface area contributed by atoms with E-state index in [1.165, 1.54) is 5.56 Å². The second-order valence-corrected chi connectivity index (χ2v) is 5.56. The maximum Gasteiger partial charge on any atom is 0.246 e. The first-order chi connectivity index (χ1) is 10.1. The molecule has 5 heteroatoms. The average Bonchev–Trinajstić information content (AvgIpc) is 2.91. The smallest absolute Gasteiger partial charge is 0.246 e. The number of fused-ring (bicyclic) bond motifs is 1. The first-order valence-corrected chi connectivity index (χ1v) is 7.26. The van der Waals surface area contributed by atoms with Gasteiger partial charge in [-0.1, -0.05) is 24.8 Å². The van der Waals surface area contributed by atoms with E-state index < -0.39 is 6.04 Å². The van der Waals surface area contributed by atoms with Gasteiger partial charge in [0.1, 0.15) is 6.04 Å². The molecule has 3 N–H and O–H groups in total. The van der Waals surface area contributed by atoms with Crippen LogP contribution in [0.2, 0.25) is 0 Å². The number of carbonyl (C=O) groups is 2. The van der Waals surface area contributed by atoms with Crippen LogP contribution in [0.4, 0.5) is 5.69 Å². The highest BCUT2D eigenvalue weighted by Crippen LogP contribution is 2.26. The number of rotatable bonds is 3. The highest BCUT2D eigenvalue weighted by Gasteiger charge is 2.25. The summed E-state index contributed by atoms with van der Waals surface area (Å²) in [6.07, 6.45) is 2.61. The van der Waals surface area contributed by atoms with Crippen molar-refractivity contribution in [3.8, 4) is 0 Å². The van der Waals surface area contributed by atoms with Crippen molar-refractivity contribution in [2.24, 2.45) is 0 Å². The van der Waals surface area contributed by atoms with Gasteiger partial charge in [0.2, 0.25) is 11.8 Å². The zero-order valence-electron chi connectivity index (χ0n) is 11.9. The molecule has 3 rings (SSSR count). The van der Waals surface area contributed by atoms with Crippen molar-refractivity contribution in [2.45, 2.75) is 31.7 Å². The quantitative estimate of drug-likeness (QED) is 0.779. The number of allylic oxidation sites excluding steroid dienone is 1. The van der Waals surface area contributed by atoms with Gasteiger partial charge in [0.15, 0.2) is 0 Å². The SMILES string of the molecule is C=C1CCC(NC(=O)Cc2cccc3c2NCC3)C(=O)N1. The van der Waals surface area contributed by atoms with Crippen molar-refractivity contribution in [3.63, 3.8) is 0 Å². The zero-order chi connectivity index (χ0) is 14.8. The molecule has 1 saturated heterocycles. The van der Waals surface area contributed by atoms with Crippen LogP contribution in [0.3, 0.4) is 0 Å². The molecule has 2 aliphatic rings. The van der Waals surface area contributed by atoms with Crippen LogP contribution in [0.1, 0.15) is 24.0 Å². The van der Waals surface area contributed by atoms with Gasteiger partial charge in [0.25, 0.3) is 0 Å². The monoisotopic (exact) mass is 285 g/mol. The summed E-state index contributed by atoms with van der Waals surface area (Å²) in [7, 11) is 0. The number of para-hydroxylation sites is 1. The van der Waals surface area contributed by atoms with Gasteiger partial charge in [0.05, 0.1) is 6.42 Å². The summed E-state index contributed by atoms with van der Waals surface area (Å²) in [4.78, 5) is 23.9. The Balaban J connectivity index is 1.64. The van der Waals surface area contributed by atoms with Gasteiger partial charge >= 0.3 is 0 Å². The first kappa shape index (κ1) is 13.7. The first-order valence-electron chi connectivity index (χ1n) is 7.26. The molecule has 2 amide bonds. The predicted molar refractivity (Wildman–Crippen MR) is 80.8 cm³/mol. The van der Waals surface area contributed by atoms with Gasteiger partial charge in [-0.05, 0) is 30.4 Å². The number of carbonyl (C=O) groups excluding carboxylic acids is 2. The molecule has 0 bridgehead atoms. The van der Waals surface area contributed by atoms with Crippen molar-refractivity contribution in [1.29, 1.82) is 0 Å². The van der Waals surface area contributed by atoms with Gasteiger partial charge in [-0.3, -0.25) is 9.59 Å². The van der Waals surface area contributed by atoms with E-state index in [9.17, 15) is 9.59 Å². The molecular formula is C16H19N3O2. The van der Waals surface area contributed by atoms with Crippen LogP contribution in [0.25, 0.3) is 0 Å². The Morgan fingerprint density at radius 1 is 1.38 bits per heavy atom. The summed E-state index contributed by atoms with van der Waals surface area (Å²) >= 11 is 0. The lowest BCUT2D eigenvalue weighted by Gasteiger charge is -2.24. The van der Waals surface area contributed by atoms with Crippen molar-refractivity contribution in [1.82, 2.24) is 10.6 Å². The molecule has 2 aliphatic heterocycles. The number of nitrogens with one attached hydrogen (secondary N) is 3. The van der Waals surface area contributed by atoms with Crippen molar-refractivity contribution in [2.75, 3.05) is 11.9 Å². The second-order valence-electron chi connectivity index (χ2n) is 5.56. The molecule has 0 radical (unpaired) electrons. The number of piperidine rings is 1. The summed E-state index contributed by atoms with van der Waals surface area (Å²) < 4.78 is 0. The fourth-order valence-electron chi connectivity index (χ4n) is 2.89. The zero-order valence-corrected chi connectivity index (χ0v) is 11.9. The van der Waals surface area contributed by atoms with E-state index in [2.05, 4.69) is 28.6 Å². The summed E-state index contributed by atoms with van der Waals surface area (Å²) in [5, 5.41) is 8.81. The Kier molecular flexibility index (Phi) is 3.64. The van der Waals surface area contributed by atoms with E-state index in [1.54, 1.807) is 0 Å². The van der Waals surface area contributed by atoms with Crippen LogP contribution >= 0.6 is 0 Å². The predicted octanol–water partition coefficient (Wildman–Crippen LogP) is 1.11. The maximum absolute atomic E-state index is 12.2. The van der Waals surface area contributed by atoms with Crippen LogP contribution < -0.4 is 16.0 Å². The Morgan fingerprint density at radius 2 is 2.24 bits per heavy atom. The molecule has 5 nitrogen and oxygen atoms in total. The van der Waals surface area contributed by atoms with Gasteiger partial charge in [0, 0.05) is 17.9 Å². The van der Waals surface area contributed by atoms with Gasteiger partial charge in [-0.25, -0.2) is 0 Å². The van der Waals surface area contributed by atoms with Crippen molar-refractivity contribution in [3.05, 3.63) is 41.6 Å². The lowest BCUT2D eigenvalue weighted by Crippen LogP contribution is -2.49. The summed E-state index contributed by atoms with van der Waals surface area (Å²) in [5.41, 5.74) is 4.04. The molecule has 110 valence electrons. The third kappa shape index (κ3) is 2.91. The van der Waals surface area contributed by atoms with Crippen LogP contribution in [0.5, 0.6) is 0 Å². The van der Waals surface area contributed by atoms with Crippen molar-refractivity contribution >= 4 is 17.5 Å². The lowest BCUT2D eigenvalue weighted by atomic mass is 10.0. The Labute approximate surface area is 123 Å². The average molecular weight is 285 g/mol. The highest BCUT2D eigenvalue weighted by atomic mass is 16.2. The number of amides is 2. The number of benzene rings is 1. The second kappa shape index (κ2) is 5.60. The molecule has 0 saturated carbocycles. The maximum atomic E-state index is 12.2. The summed E-state index contributed by atoms with van der Waals surface area (Å²) in [6, 6.07) is 5.56. The van der Waals surface area contributed by atoms with E-state index in [0.29, 0.717) is 19.3 Å². The molecule has 0 spiro atoms. The standard InChI is InChI=1S/C16H19N3O2/c1-10-5-6-13(16(21)18-10)19-14(20)9-12-4-2-3-11-7-8-17-15(11)12/h2-4,13,17H,1,5-9H2,(H,18,21)(H,19,20). The molecule has 1 aromatic rings. The van der Waals surface area contributed by atoms with Crippen LogP contribution in [-0.2, 0) is 22.4 Å². The third-order valence-corrected chi connectivity index (χ3v) is 3.97. The van der Waals surface area contributed by atoms with Crippen molar-refractivity contribution < 1.29 is 9.59 Å². The largest absolute Gasteiger partial charge is 0.384 e. The Morgan fingerprint density at radius 3 is 3.05 bits per heavy atom. The molecule has 2 heterocycles. The topological polar surface area (TPSA) is 70.2 Å². The number of hydrogen-bond acceptors (Lipinski definition) is 3. The fraction of sp³-hybridized carbons (Fsp3) is 0.375. The number of anilines is 1. The van der Waals surface area contributed by atoms with E-state index in [4.69, 9.17) is 0 Å². The van der Waals surface area contributed by atoms with Gasteiger partial charge < -0.3 is 16.0 Å². The molecular weight excluding hydrogens is 266 g/mol. The van der Waals surface area contributed by atoms with Crippen LogP contribution in [0, 0.1) is 0 Å². The van der Waals surface area contributed by atoms with Crippen LogP contribution in [0.15, 0.2) is 30.5 Å². The minimum atomic E-state index is -0.451. The fourth-order valence-corrected chi connectivity index (χ4v) is 2.89. The molecule has 0 aliphatic carbocycles. The molecule has 21 heavy (non-hydrogen) atoms.